The molecule has 0 fully saturated rings. The van der Waals surface area contributed by atoms with Gasteiger partial charge in [-0.25, -0.2) is 4.79 Å². The third-order valence-corrected chi connectivity index (χ3v) is 5.37. The zero-order valence-corrected chi connectivity index (χ0v) is 19.2. The number of aryl methyl sites for hydroxylation is 2. The third-order valence-electron chi connectivity index (χ3n) is 5.26. The molecule has 0 saturated carbocycles. The molecule has 0 aliphatic carbocycles. The first-order chi connectivity index (χ1) is 17.0. The summed E-state index contributed by atoms with van der Waals surface area (Å²) < 4.78 is 230. The number of ether oxygens (including phenoxy) is 1. The van der Waals surface area contributed by atoms with Crippen LogP contribution >= 0.6 is 11.6 Å². The predicted octanol–water partition coefficient (Wildman–Crippen LogP) is 8.81. The van der Waals surface area contributed by atoms with Gasteiger partial charge in [0.15, 0.2) is 0 Å². The summed E-state index contributed by atoms with van der Waals surface area (Å²) in [6, 6.07) is 2.78. The predicted molar refractivity (Wildman–Crippen MR) is 96.2 cm³/mol. The fraction of sp³-hybridized carbons (Fsp3) is 0.632. The van der Waals surface area contributed by atoms with Gasteiger partial charge >= 0.3 is 53.1 Å². The maximum atomic E-state index is 14.0. The largest absolute Gasteiger partial charge is 0.460 e. The van der Waals surface area contributed by atoms with Crippen LogP contribution in [0.4, 0.5) is 79.4 Å². The van der Waals surface area contributed by atoms with Gasteiger partial charge in [-0.3, -0.25) is 0 Å². The topological polar surface area (TPSA) is 26.3 Å². The zero-order chi connectivity index (χ0) is 31.3. The van der Waals surface area contributed by atoms with Crippen molar-refractivity contribution in [3.05, 3.63) is 34.9 Å². The van der Waals surface area contributed by atoms with E-state index in [0.717, 1.165) is 18.2 Å². The van der Waals surface area contributed by atoms with E-state index in [-0.39, 0.29) is 11.1 Å². The molecule has 0 aliphatic heterocycles. The molecule has 0 radical (unpaired) electrons. The third kappa shape index (κ3) is 5.68. The number of hydrogen-bond donors (Lipinski definition) is 0. The Morgan fingerprint density at radius 2 is 1.10 bits per heavy atom. The summed E-state index contributed by atoms with van der Waals surface area (Å²) in [6.07, 6.45) is -11.8. The molecule has 0 heterocycles. The number of carbonyl (C=O) groups excluding carboxylic acids is 1. The van der Waals surface area contributed by atoms with E-state index in [1.54, 1.807) is 0 Å². The molecular formula is C19H12ClF17O2. The number of rotatable bonds is 11. The van der Waals surface area contributed by atoms with E-state index in [1.807, 2.05) is 0 Å². The van der Waals surface area contributed by atoms with Gasteiger partial charge in [-0.2, -0.15) is 74.6 Å². The van der Waals surface area contributed by atoms with Crippen LogP contribution in [0.25, 0.3) is 0 Å². The lowest BCUT2D eigenvalue weighted by atomic mass is 9.87. The second-order valence-electron chi connectivity index (χ2n) is 7.94. The average molecular weight is 631 g/mol. The van der Waals surface area contributed by atoms with Gasteiger partial charge in [0, 0.05) is 18.0 Å². The summed E-state index contributed by atoms with van der Waals surface area (Å²) in [4.78, 5) is 10.6. The number of hydrogen-bond acceptors (Lipinski definition) is 2. The van der Waals surface area contributed by atoms with Gasteiger partial charge in [0.25, 0.3) is 0 Å². The van der Waals surface area contributed by atoms with Gasteiger partial charge in [0.05, 0.1) is 0 Å². The van der Waals surface area contributed by atoms with Crippen LogP contribution in [-0.4, -0.2) is 53.1 Å². The lowest BCUT2D eigenvalue weighted by Gasteiger charge is -2.42. The number of halogens is 18. The highest BCUT2D eigenvalue weighted by atomic mass is 35.5. The van der Waals surface area contributed by atoms with Crippen molar-refractivity contribution in [1.82, 2.24) is 0 Å². The van der Waals surface area contributed by atoms with Crippen molar-refractivity contribution in [3.63, 3.8) is 0 Å². The van der Waals surface area contributed by atoms with Crippen molar-refractivity contribution in [1.29, 1.82) is 0 Å². The summed E-state index contributed by atoms with van der Waals surface area (Å²) in [5.41, 5.74) is -1.45. The van der Waals surface area contributed by atoms with Crippen molar-refractivity contribution in [3.8, 4) is 0 Å². The molecule has 0 saturated heterocycles. The molecular weight excluding hydrogens is 619 g/mol. The highest BCUT2D eigenvalue weighted by molar-refractivity contribution is 6.61. The van der Waals surface area contributed by atoms with Crippen molar-refractivity contribution in [2.24, 2.45) is 0 Å². The Kier molecular flexibility index (Phi) is 9.21. The van der Waals surface area contributed by atoms with Crippen LogP contribution in [0.15, 0.2) is 18.2 Å². The summed E-state index contributed by atoms with van der Waals surface area (Å²) >= 11 is 4.91. The zero-order valence-electron chi connectivity index (χ0n) is 18.5. The minimum absolute atomic E-state index is 0.0878. The summed E-state index contributed by atoms with van der Waals surface area (Å²) in [6.45, 7) is 0.734. The monoisotopic (exact) mass is 630 g/mol. The minimum Gasteiger partial charge on any atom is -0.449 e. The molecule has 0 bridgehead atoms. The standard InChI is InChI=1S/C19H12ClF17O2/c1-8-6-9(2-3-10(8)7-39-11(20)38)4-5-12(21,22)13(23,24)14(25,26)15(27,28)16(29,30)17(31,32)18(33,34)19(35,36)37/h2-3,6H,4-5,7H2,1H3. The average Bonchev–Trinajstić information content (AvgIpc) is 2.75. The first-order valence-corrected chi connectivity index (χ1v) is 10.0. The lowest BCUT2D eigenvalue weighted by Crippen LogP contribution is -2.74. The molecule has 1 aromatic carbocycles. The normalized spacial score (nSPS) is 14.9. The Morgan fingerprint density at radius 3 is 1.49 bits per heavy atom. The van der Waals surface area contributed by atoms with E-state index in [4.69, 9.17) is 11.6 Å². The molecule has 226 valence electrons. The van der Waals surface area contributed by atoms with Crippen LogP contribution in [0.5, 0.6) is 0 Å². The Morgan fingerprint density at radius 1 is 0.692 bits per heavy atom. The highest BCUT2D eigenvalue weighted by Crippen LogP contribution is 2.64. The molecule has 0 amide bonds. The van der Waals surface area contributed by atoms with Crippen molar-refractivity contribution in [2.75, 3.05) is 0 Å². The maximum Gasteiger partial charge on any atom is 0.460 e. The molecule has 0 aromatic heterocycles. The molecule has 20 heteroatoms. The quantitative estimate of drug-likeness (QED) is 0.181. The summed E-state index contributed by atoms with van der Waals surface area (Å²) in [5, 5.41) is 0. The molecule has 0 unspecified atom stereocenters. The molecule has 0 aliphatic rings. The molecule has 1 rings (SSSR count). The Balaban J connectivity index is 3.36. The molecule has 0 atom stereocenters. The Hall–Kier alpha value is -2.21. The maximum absolute atomic E-state index is 14.0. The smallest absolute Gasteiger partial charge is 0.449 e. The minimum atomic E-state index is -8.65. The number of alkyl halides is 17. The van der Waals surface area contributed by atoms with Gasteiger partial charge in [0.1, 0.15) is 6.61 Å². The first kappa shape index (κ1) is 34.8. The number of carbonyl (C=O) groups is 1. The van der Waals surface area contributed by atoms with Crippen LogP contribution in [0, 0.1) is 6.92 Å². The lowest BCUT2D eigenvalue weighted by molar-refractivity contribution is -0.461. The second-order valence-corrected chi connectivity index (χ2v) is 8.24. The molecule has 0 N–H and O–H groups in total. The van der Waals surface area contributed by atoms with Crippen molar-refractivity contribution in [2.45, 2.75) is 74.0 Å². The van der Waals surface area contributed by atoms with E-state index in [0.29, 0.717) is 0 Å². The Labute approximate surface area is 211 Å². The molecule has 2 nitrogen and oxygen atoms in total. The molecule has 0 spiro atoms. The fourth-order valence-electron chi connectivity index (χ4n) is 2.86. The first-order valence-electron chi connectivity index (χ1n) is 9.65. The van der Waals surface area contributed by atoms with Crippen LogP contribution in [0.3, 0.4) is 0 Å². The fourth-order valence-corrected chi connectivity index (χ4v) is 2.92. The van der Waals surface area contributed by atoms with Crippen molar-refractivity contribution >= 4 is 17.0 Å². The van der Waals surface area contributed by atoms with E-state index < -0.39 is 78.1 Å². The SMILES string of the molecule is Cc1cc(CCC(F)(F)C(F)(F)C(F)(F)C(F)(F)C(F)(F)C(F)(F)C(F)(F)C(F)(F)F)ccc1COC(=O)Cl. The number of benzene rings is 1. The molecule has 39 heavy (non-hydrogen) atoms. The van der Waals surface area contributed by atoms with Gasteiger partial charge < -0.3 is 4.74 Å². The van der Waals surface area contributed by atoms with Gasteiger partial charge in [0.2, 0.25) is 0 Å². The van der Waals surface area contributed by atoms with E-state index in [9.17, 15) is 79.4 Å². The summed E-state index contributed by atoms with van der Waals surface area (Å²) in [7, 11) is 0. The van der Waals surface area contributed by atoms with E-state index in [2.05, 4.69) is 4.74 Å². The highest BCUT2D eigenvalue weighted by Gasteiger charge is 2.95. The summed E-state index contributed by atoms with van der Waals surface area (Å²) in [5.74, 6) is -56.5. The van der Waals surface area contributed by atoms with Crippen LogP contribution < -0.4 is 0 Å². The van der Waals surface area contributed by atoms with E-state index >= 15 is 0 Å². The van der Waals surface area contributed by atoms with E-state index in [1.165, 1.54) is 6.92 Å². The second kappa shape index (κ2) is 10.3. The van der Waals surface area contributed by atoms with Crippen molar-refractivity contribution < 1.29 is 84.2 Å². The van der Waals surface area contributed by atoms with Crippen LogP contribution in [-0.2, 0) is 17.8 Å². The Bertz CT molecular complexity index is 1050. The molecule has 1 aromatic rings. The van der Waals surface area contributed by atoms with Gasteiger partial charge in [-0.1, -0.05) is 18.2 Å². The van der Waals surface area contributed by atoms with Gasteiger partial charge in [-0.05, 0) is 30.0 Å². The van der Waals surface area contributed by atoms with Crippen LogP contribution in [0.2, 0.25) is 0 Å². The van der Waals surface area contributed by atoms with Gasteiger partial charge in [-0.15, -0.1) is 0 Å². The van der Waals surface area contributed by atoms with Crippen LogP contribution in [0.1, 0.15) is 23.1 Å².